The molecule has 1 amide bonds. The first-order valence-corrected chi connectivity index (χ1v) is 10.1. The molecular formula is C22H30N4O2. The summed E-state index contributed by atoms with van der Waals surface area (Å²) >= 11 is 0. The molecule has 2 aromatic rings. The van der Waals surface area contributed by atoms with Crippen LogP contribution in [0.2, 0.25) is 0 Å². The van der Waals surface area contributed by atoms with E-state index in [-0.39, 0.29) is 17.9 Å². The van der Waals surface area contributed by atoms with Crippen molar-refractivity contribution in [1.29, 1.82) is 0 Å². The lowest BCUT2D eigenvalue weighted by Gasteiger charge is -2.30. The maximum atomic E-state index is 12.1. The minimum Gasteiger partial charge on any atom is -0.467 e. The average Bonchev–Trinajstić information content (AvgIpc) is 3.42. The van der Waals surface area contributed by atoms with Gasteiger partial charge in [-0.1, -0.05) is 43.2 Å². The molecule has 0 radical (unpaired) electrons. The van der Waals surface area contributed by atoms with Crippen molar-refractivity contribution in [1.82, 2.24) is 16.0 Å². The van der Waals surface area contributed by atoms with Crippen molar-refractivity contribution in [3.63, 3.8) is 0 Å². The summed E-state index contributed by atoms with van der Waals surface area (Å²) in [7, 11) is 0. The van der Waals surface area contributed by atoms with Crippen LogP contribution in [0.25, 0.3) is 0 Å². The molecule has 28 heavy (non-hydrogen) atoms. The monoisotopic (exact) mass is 382 g/mol. The zero-order valence-electron chi connectivity index (χ0n) is 16.5. The van der Waals surface area contributed by atoms with Crippen molar-refractivity contribution in [2.75, 3.05) is 19.6 Å². The van der Waals surface area contributed by atoms with Crippen LogP contribution in [0.3, 0.4) is 0 Å². The largest absolute Gasteiger partial charge is 0.467 e. The predicted octanol–water partition coefficient (Wildman–Crippen LogP) is 2.96. The van der Waals surface area contributed by atoms with E-state index < -0.39 is 0 Å². The Morgan fingerprint density at radius 3 is 2.54 bits per heavy atom. The lowest BCUT2D eigenvalue weighted by Crippen LogP contribution is -2.45. The third-order valence-electron chi connectivity index (χ3n) is 5.31. The Morgan fingerprint density at radius 1 is 1.07 bits per heavy atom. The summed E-state index contributed by atoms with van der Waals surface area (Å²) in [5.74, 6) is 1.28. The highest BCUT2D eigenvalue weighted by Crippen LogP contribution is 2.40. The quantitative estimate of drug-likeness (QED) is 0.484. The Kier molecular flexibility index (Phi) is 7.12. The van der Waals surface area contributed by atoms with Crippen LogP contribution in [0.15, 0.2) is 58.1 Å². The second-order valence-electron chi connectivity index (χ2n) is 7.26. The van der Waals surface area contributed by atoms with Crippen molar-refractivity contribution >= 4 is 11.9 Å². The molecule has 6 heteroatoms. The molecule has 0 spiro atoms. The molecule has 150 valence electrons. The van der Waals surface area contributed by atoms with E-state index in [0.717, 1.165) is 18.8 Å². The SMILES string of the molecule is CCNC(=NCC(=O)NCc1ccco1)NCC1(c2ccccc2)CCCC1. The third kappa shape index (κ3) is 5.38. The van der Waals surface area contributed by atoms with Crippen LogP contribution in [0.1, 0.15) is 43.9 Å². The number of aliphatic imine (C=N–C) groups is 1. The van der Waals surface area contributed by atoms with Gasteiger partial charge in [0.15, 0.2) is 5.96 Å². The van der Waals surface area contributed by atoms with Crippen molar-refractivity contribution in [3.05, 3.63) is 60.1 Å². The summed E-state index contributed by atoms with van der Waals surface area (Å²) in [5.41, 5.74) is 1.52. The van der Waals surface area contributed by atoms with Gasteiger partial charge in [0.1, 0.15) is 12.3 Å². The summed E-state index contributed by atoms with van der Waals surface area (Å²) in [4.78, 5) is 16.5. The Labute approximate surface area is 166 Å². The normalized spacial score (nSPS) is 16.0. The fourth-order valence-corrected chi connectivity index (χ4v) is 3.81. The second-order valence-corrected chi connectivity index (χ2v) is 7.26. The van der Waals surface area contributed by atoms with Crippen molar-refractivity contribution in [2.24, 2.45) is 4.99 Å². The van der Waals surface area contributed by atoms with Gasteiger partial charge < -0.3 is 20.4 Å². The van der Waals surface area contributed by atoms with E-state index in [4.69, 9.17) is 4.42 Å². The molecule has 1 aliphatic rings. The topological polar surface area (TPSA) is 78.7 Å². The molecule has 1 fully saturated rings. The number of carbonyl (C=O) groups excluding carboxylic acids is 1. The standard InChI is InChI=1S/C22H30N4O2/c1-2-23-21(25-16-20(27)24-15-19-11-8-14-28-19)26-17-22(12-6-7-13-22)18-9-4-3-5-10-18/h3-5,8-11,14H,2,6-7,12-13,15-17H2,1H3,(H,24,27)(H2,23,25,26). The van der Waals surface area contributed by atoms with Crippen LogP contribution < -0.4 is 16.0 Å². The van der Waals surface area contributed by atoms with E-state index in [2.05, 4.69) is 51.3 Å². The average molecular weight is 383 g/mol. The maximum Gasteiger partial charge on any atom is 0.242 e. The molecule has 3 rings (SSSR count). The molecule has 3 N–H and O–H groups in total. The first-order valence-electron chi connectivity index (χ1n) is 10.1. The van der Waals surface area contributed by atoms with E-state index in [1.807, 2.05) is 13.0 Å². The molecule has 6 nitrogen and oxygen atoms in total. The van der Waals surface area contributed by atoms with Gasteiger partial charge in [-0.15, -0.1) is 0 Å². The molecule has 0 bridgehead atoms. The minimum absolute atomic E-state index is 0.0778. The Morgan fingerprint density at radius 2 is 1.86 bits per heavy atom. The van der Waals surface area contributed by atoms with Crippen molar-refractivity contribution in [3.8, 4) is 0 Å². The first-order chi connectivity index (χ1) is 13.7. The highest BCUT2D eigenvalue weighted by atomic mass is 16.3. The Bertz CT molecular complexity index is 750. The van der Waals surface area contributed by atoms with E-state index in [0.29, 0.717) is 12.5 Å². The van der Waals surface area contributed by atoms with Crippen molar-refractivity contribution < 1.29 is 9.21 Å². The minimum atomic E-state index is -0.132. The van der Waals surface area contributed by atoms with Crippen LogP contribution in [0, 0.1) is 0 Å². The van der Waals surface area contributed by atoms with Gasteiger partial charge in [0.05, 0.1) is 12.8 Å². The number of amides is 1. The number of rotatable bonds is 8. The summed E-state index contributed by atoms with van der Waals surface area (Å²) in [6.45, 7) is 4.04. The van der Waals surface area contributed by atoms with Crippen LogP contribution >= 0.6 is 0 Å². The van der Waals surface area contributed by atoms with Gasteiger partial charge in [0.2, 0.25) is 5.91 Å². The number of nitrogens with zero attached hydrogens (tertiary/aromatic N) is 1. The number of nitrogens with one attached hydrogen (secondary N) is 3. The molecule has 0 aliphatic heterocycles. The summed E-state index contributed by atoms with van der Waals surface area (Å²) in [6.07, 6.45) is 6.44. The first kappa shape index (κ1) is 20.0. The van der Waals surface area contributed by atoms with E-state index >= 15 is 0 Å². The summed E-state index contributed by atoms with van der Waals surface area (Å²) in [6, 6.07) is 14.4. The van der Waals surface area contributed by atoms with E-state index in [1.165, 1.54) is 31.2 Å². The molecule has 0 saturated heterocycles. The van der Waals surface area contributed by atoms with Gasteiger partial charge in [-0.2, -0.15) is 0 Å². The van der Waals surface area contributed by atoms with E-state index in [9.17, 15) is 4.79 Å². The molecular weight excluding hydrogens is 352 g/mol. The predicted molar refractivity (Wildman–Crippen MR) is 111 cm³/mol. The van der Waals surface area contributed by atoms with Gasteiger partial charge in [-0.05, 0) is 37.5 Å². The smallest absolute Gasteiger partial charge is 0.242 e. The highest BCUT2D eigenvalue weighted by Gasteiger charge is 2.35. The number of hydrogen-bond donors (Lipinski definition) is 3. The number of carbonyl (C=O) groups is 1. The lowest BCUT2D eigenvalue weighted by atomic mass is 9.79. The van der Waals surface area contributed by atoms with Crippen LogP contribution in [0.5, 0.6) is 0 Å². The van der Waals surface area contributed by atoms with Gasteiger partial charge in [0, 0.05) is 18.5 Å². The lowest BCUT2D eigenvalue weighted by molar-refractivity contribution is -0.119. The molecule has 1 saturated carbocycles. The molecule has 0 unspecified atom stereocenters. The third-order valence-corrected chi connectivity index (χ3v) is 5.31. The Hall–Kier alpha value is -2.76. The maximum absolute atomic E-state index is 12.1. The van der Waals surface area contributed by atoms with E-state index in [1.54, 1.807) is 12.3 Å². The molecule has 0 atom stereocenters. The number of guanidine groups is 1. The molecule has 1 heterocycles. The number of furan rings is 1. The molecule has 1 aliphatic carbocycles. The number of hydrogen-bond acceptors (Lipinski definition) is 3. The zero-order valence-corrected chi connectivity index (χ0v) is 16.5. The van der Waals surface area contributed by atoms with Crippen LogP contribution in [0.4, 0.5) is 0 Å². The molecule has 1 aromatic heterocycles. The van der Waals surface area contributed by atoms with Crippen molar-refractivity contribution in [2.45, 2.75) is 44.6 Å². The fourth-order valence-electron chi connectivity index (χ4n) is 3.81. The molecule has 1 aromatic carbocycles. The highest BCUT2D eigenvalue weighted by molar-refractivity contribution is 5.84. The van der Waals surface area contributed by atoms with Gasteiger partial charge in [0.25, 0.3) is 0 Å². The number of benzene rings is 1. The van der Waals surface area contributed by atoms with Gasteiger partial charge in [-0.25, -0.2) is 4.99 Å². The van der Waals surface area contributed by atoms with Gasteiger partial charge >= 0.3 is 0 Å². The fraction of sp³-hybridized carbons (Fsp3) is 0.455. The zero-order chi connectivity index (χ0) is 19.7. The Balaban J connectivity index is 1.57. The summed E-state index contributed by atoms with van der Waals surface area (Å²) in [5, 5.41) is 9.53. The van der Waals surface area contributed by atoms with Gasteiger partial charge in [-0.3, -0.25) is 4.79 Å². The second kappa shape index (κ2) is 9.97. The van der Waals surface area contributed by atoms with Crippen LogP contribution in [-0.2, 0) is 16.8 Å². The summed E-state index contributed by atoms with van der Waals surface area (Å²) < 4.78 is 5.22. The van der Waals surface area contributed by atoms with Crippen LogP contribution in [-0.4, -0.2) is 31.5 Å².